The number of ether oxygens (including phenoxy) is 1. The monoisotopic (exact) mass is 265 g/mol. The molecule has 3 rings (SSSR count). The zero-order chi connectivity index (χ0) is 12.4. The van der Waals surface area contributed by atoms with E-state index in [1.807, 2.05) is 16.8 Å². The van der Waals surface area contributed by atoms with Crippen molar-refractivity contribution in [2.45, 2.75) is 19.5 Å². The van der Waals surface area contributed by atoms with Gasteiger partial charge < -0.3 is 9.26 Å². The summed E-state index contributed by atoms with van der Waals surface area (Å²) in [5, 5.41) is 8.04. The average Bonchev–Trinajstić information content (AvgIpc) is 3.02. The van der Waals surface area contributed by atoms with E-state index in [1.165, 1.54) is 0 Å². The molecule has 0 unspecified atom stereocenters. The van der Waals surface area contributed by atoms with Crippen molar-refractivity contribution in [2.75, 3.05) is 19.8 Å². The van der Waals surface area contributed by atoms with Gasteiger partial charge in [0.15, 0.2) is 0 Å². The molecule has 1 saturated heterocycles. The summed E-state index contributed by atoms with van der Waals surface area (Å²) >= 11 is 1.63. The van der Waals surface area contributed by atoms with E-state index < -0.39 is 0 Å². The summed E-state index contributed by atoms with van der Waals surface area (Å²) in [4.78, 5) is 6.73. The summed E-state index contributed by atoms with van der Waals surface area (Å²) in [7, 11) is 0. The first kappa shape index (κ1) is 11.8. The molecule has 0 N–H and O–H groups in total. The van der Waals surface area contributed by atoms with Crippen molar-refractivity contribution in [3.05, 3.63) is 22.7 Å². The van der Waals surface area contributed by atoms with Crippen molar-refractivity contribution in [1.29, 1.82) is 0 Å². The number of rotatable bonds is 3. The number of nitrogens with zero attached hydrogens (tertiary/aromatic N) is 3. The molecule has 2 aromatic heterocycles. The molecule has 1 aliphatic rings. The molecule has 1 atom stereocenters. The third-order valence-electron chi connectivity index (χ3n) is 3.09. The van der Waals surface area contributed by atoms with Crippen LogP contribution in [-0.4, -0.2) is 40.8 Å². The van der Waals surface area contributed by atoms with Crippen LogP contribution in [0, 0.1) is 0 Å². The van der Waals surface area contributed by atoms with Crippen molar-refractivity contribution < 1.29 is 9.26 Å². The highest BCUT2D eigenvalue weighted by molar-refractivity contribution is 7.08. The Morgan fingerprint density at radius 1 is 1.56 bits per heavy atom. The Morgan fingerprint density at radius 3 is 3.28 bits per heavy atom. The minimum atomic E-state index is 0.398. The van der Waals surface area contributed by atoms with Gasteiger partial charge in [0.2, 0.25) is 11.7 Å². The lowest BCUT2D eigenvalue weighted by molar-refractivity contribution is -0.00852. The van der Waals surface area contributed by atoms with Gasteiger partial charge in [0.05, 0.1) is 19.8 Å². The molecule has 1 fully saturated rings. The first-order valence-corrected chi connectivity index (χ1v) is 6.94. The highest BCUT2D eigenvalue weighted by Crippen LogP contribution is 2.19. The topological polar surface area (TPSA) is 51.4 Å². The van der Waals surface area contributed by atoms with E-state index in [4.69, 9.17) is 9.26 Å². The fraction of sp³-hybridized carbons (Fsp3) is 0.500. The van der Waals surface area contributed by atoms with Gasteiger partial charge in [0.1, 0.15) is 0 Å². The molecule has 1 aliphatic heterocycles. The van der Waals surface area contributed by atoms with Gasteiger partial charge in [-0.1, -0.05) is 5.16 Å². The van der Waals surface area contributed by atoms with Crippen LogP contribution in [0.2, 0.25) is 0 Å². The van der Waals surface area contributed by atoms with Crippen LogP contribution in [0.5, 0.6) is 0 Å². The quantitative estimate of drug-likeness (QED) is 0.849. The Hall–Kier alpha value is -1.24. The molecule has 0 bridgehead atoms. The molecule has 0 saturated carbocycles. The van der Waals surface area contributed by atoms with Crippen molar-refractivity contribution in [1.82, 2.24) is 15.0 Å². The second-order valence-corrected chi connectivity index (χ2v) is 5.20. The van der Waals surface area contributed by atoms with E-state index in [-0.39, 0.29) is 0 Å². The Balaban J connectivity index is 1.70. The van der Waals surface area contributed by atoms with E-state index >= 15 is 0 Å². The van der Waals surface area contributed by atoms with Crippen LogP contribution in [-0.2, 0) is 11.3 Å². The second-order valence-electron chi connectivity index (χ2n) is 4.42. The smallest absolute Gasteiger partial charge is 0.241 e. The lowest BCUT2D eigenvalue weighted by atomic mass is 10.2. The molecule has 0 aromatic carbocycles. The van der Waals surface area contributed by atoms with Crippen molar-refractivity contribution in [3.8, 4) is 11.4 Å². The van der Waals surface area contributed by atoms with Crippen LogP contribution in [0.3, 0.4) is 0 Å². The number of hydrogen-bond acceptors (Lipinski definition) is 6. The fourth-order valence-corrected chi connectivity index (χ4v) is 2.63. The highest BCUT2D eigenvalue weighted by atomic mass is 32.1. The Morgan fingerprint density at radius 2 is 2.50 bits per heavy atom. The van der Waals surface area contributed by atoms with E-state index in [0.717, 1.165) is 25.3 Å². The normalized spacial score (nSPS) is 21.3. The summed E-state index contributed by atoms with van der Waals surface area (Å²) in [6.45, 7) is 5.30. The maximum Gasteiger partial charge on any atom is 0.241 e. The van der Waals surface area contributed by atoms with Crippen LogP contribution in [0.25, 0.3) is 11.4 Å². The van der Waals surface area contributed by atoms with Gasteiger partial charge in [-0.3, -0.25) is 4.90 Å². The van der Waals surface area contributed by atoms with Gasteiger partial charge in [0.25, 0.3) is 0 Å². The molecule has 5 nitrogen and oxygen atoms in total. The summed E-state index contributed by atoms with van der Waals surface area (Å²) in [6.07, 6.45) is 0. The molecular formula is C12H15N3O2S. The van der Waals surface area contributed by atoms with Gasteiger partial charge in [0, 0.05) is 23.5 Å². The van der Waals surface area contributed by atoms with Crippen molar-refractivity contribution in [2.24, 2.45) is 0 Å². The van der Waals surface area contributed by atoms with Crippen LogP contribution in [0.4, 0.5) is 0 Å². The number of morpholine rings is 1. The molecule has 0 amide bonds. The van der Waals surface area contributed by atoms with Crippen LogP contribution < -0.4 is 0 Å². The predicted octanol–water partition coefficient (Wildman–Crippen LogP) is 2.02. The summed E-state index contributed by atoms with van der Waals surface area (Å²) < 4.78 is 10.7. The minimum Gasteiger partial charge on any atom is -0.379 e. The lowest BCUT2D eigenvalue weighted by Gasteiger charge is -2.31. The summed E-state index contributed by atoms with van der Waals surface area (Å²) in [5.74, 6) is 1.34. The maximum absolute atomic E-state index is 5.41. The van der Waals surface area contributed by atoms with E-state index in [0.29, 0.717) is 24.3 Å². The minimum absolute atomic E-state index is 0.398. The van der Waals surface area contributed by atoms with Crippen LogP contribution in [0.1, 0.15) is 12.8 Å². The van der Waals surface area contributed by atoms with Gasteiger partial charge in [-0.25, -0.2) is 0 Å². The SMILES string of the molecule is C[C@H]1COCCN1Cc1nc(-c2ccsc2)no1. The molecule has 3 heterocycles. The van der Waals surface area contributed by atoms with Crippen LogP contribution >= 0.6 is 11.3 Å². The third-order valence-corrected chi connectivity index (χ3v) is 3.77. The first-order chi connectivity index (χ1) is 8.83. The molecule has 2 aromatic rings. The zero-order valence-electron chi connectivity index (χ0n) is 10.2. The average molecular weight is 265 g/mol. The second kappa shape index (κ2) is 5.17. The van der Waals surface area contributed by atoms with Gasteiger partial charge >= 0.3 is 0 Å². The molecule has 96 valence electrons. The van der Waals surface area contributed by atoms with E-state index in [2.05, 4.69) is 22.0 Å². The maximum atomic E-state index is 5.41. The Bertz CT molecular complexity index is 497. The fourth-order valence-electron chi connectivity index (χ4n) is 2.00. The number of thiophene rings is 1. The molecule has 18 heavy (non-hydrogen) atoms. The predicted molar refractivity (Wildman–Crippen MR) is 68.3 cm³/mol. The summed E-state index contributed by atoms with van der Waals surface area (Å²) in [6, 6.07) is 2.40. The Labute approximate surface area is 109 Å². The van der Waals surface area contributed by atoms with Gasteiger partial charge in [-0.15, -0.1) is 0 Å². The van der Waals surface area contributed by atoms with Gasteiger partial charge in [-0.05, 0) is 18.4 Å². The molecule has 6 heteroatoms. The first-order valence-electron chi connectivity index (χ1n) is 6.00. The molecule has 0 aliphatic carbocycles. The van der Waals surface area contributed by atoms with E-state index in [1.54, 1.807) is 11.3 Å². The number of hydrogen-bond donors (Lipinski definition) is 0. The molecule has 0 spiro atoms. The highest BCUT2D eigenvalue weighted by Gasteiger charge is 2.21. The van der Waals surface area contributed by atoms with Gasteiger partial charge in [-0.2, -0.15) is 16.3 Å². The van der Waals surface area contributed by atoms with Crippen LogP contribution in [0.15, 0.2) is 21.3 Å². The molecular weight excluding hydrogens is 250 g/mol. The number of aromatic nitrogens is 2. The third kappa shape index (κ3) is 2.45. The Kier molecular flexibility index (Phi) is 3.40. The molecule has 0 radical (unpaired) electrons. The lowest BCUT2D eigenvalue weighted by Crippen LogP contribution is -2.42. The zero-order valence-corrected chi connectivity index (χ0v) is 11.0. The van der Waals surface area contributed by atoms with Crippen molar-refractivity contribution in [3.63, 3.8) is 0 Å². The summed E-state index contributed by atoms with van der Waals surface area (Å²) in [5.41, 5.74) is 1.02. The standard InChI is InChI=1S/C12H15N3O2S/c1-9-7-16-4-3-15(9)6-11-13-12(14-17-11)10-2-5-18-8-10/h2,5,8-9H,3-4,6-7H2,1H3/t9-/m0/s1. The largest absolute Gasteiger partial charge is 0.379 e. The van der Waals surface area contributed by atoms with E-state index in [9.17, 15) is 0 Å². The van der Waals surface area contributed by atoms with Crippen molar-refractivity contribution >= 4 is 11.3 Å².